The molecule has 0 saturated heterocycles. The predicted octanol–water partition coefficient (Wildman–Crippen LogP) is 6.58. The van der Waals surface area contributed by atoms with E-state index in [4.69, 9.17) is 0 Å². The summed E-state index contributed by atoms with van der Waals surface area (Å²) in [7, 11) is 0. The first kappa shape index (κ1) is 38.7. The third kappa shape index (κ3) is 6.38. The van der Waals surface area contributed by atoms with Crippen LogP contribution in [0.25, 0.3) is 22.3 Å². The van der Waals surface area contributed by atoms with Gasteiger partial charge in [0.2, 0.25) is 0 Å². The first-order valence-corrected chi connectivity index (χ1v) is 22.0. The molecule has 0 heterocycles. The molecule has 0 saturated carbocycles. The Kier molecular flexibility index (Phi) is 10.5. The summed E-state index contributed by atoms with van der Waals surface area (Å²) in [6.45, 7) is 18.7. The van der Waals surface area contributed by atoms with Crippen LogP contribution in [0.3, 0.4) is 0 Å². The zero-order valence-corrected chi connectivity index (χ0v) is 35.3. The van der Waals surface area contributed by atoms with E-state index in [0.29, 0.717) is 5.92 Å². The Hall–Kier alpha value is -2.97. The second kappa shape index (κ2) is 14.0. The number of allylic oxidation sites excluding steroid dienone is 8. The number of halogens is 4. The molecule has 0 amide bonds. The van der Waals surface area contributed by atoms with Crippen LogP contribution in [0, 0.1) is 17.6 Å². The van der Waals surface area contributed by atoms with Gasteiger partial charge in [-0.3, -0.25) is 0 Å². The SMILES string of the molecule is CC1=CC(C)[C]([Zr+2](=[C](c2ccc(F)cc2)c2ccc(F)cc2)[CH]2c3cc4c(cc3-c3cc5c(cc32)C(C)(C)CC=C5C)C(C)=CCC4(C)C)=C1.[Cl-].[Cl-]. The molecule has 266 valence electrons. The number of rotatable bonds is 4. The molecule has 5 heteroatoms. The average Bonchev–Trinajstić information content (AvgIpc) is 3.58. The summed E-state index contributed by atoms with van der Waals surface area (Å²) in [5, 5.41) is 0. The van der Waals surface area contributed by atoms with Crippen molar-refractivity contribution in [2.45, 2.75) is 82.7 Å². The molecule has 0 spiro atoms. The van der Waals surface area contributed by atoms with Crippen molar-refractivity contribution in [1.29, 1.82) is 0 Å². The largest absolute Gasteiger partial charge is 1.00 e. The molecule has 4 aliphatic rings. The first-order valence-electron chi connectivity index (χ1n) is 18.1. The second-order valence-electron chi connectivity index (χ2n) is 16.5. The molecule has 52 heavy (non-hydrogen) atoms. The maximum atomic E-state index is 14.6. The van der Waals surface area contributed by atoms with Crippen molar-refractivity contribution in [3.05, 3.63) is 162 Å². The van der Waals surface area contributed by atoms with Crippen LogP contribution >= 0.6 is 0 Å². The molecular formula is C47H46Cl2F2Zr. The predicted molar refractivity (Wildman–Crippen MR) is 203 cm³/mol. The quantitative estimate of drug-likeness (QED) is 0.219. The summed E-state index contributed by atoms with van der Waals surface area (Å²) in [6, 6.07) is 24.4. The Bertz CT molecular complexity index is 2130. The van der Waals surface area contributed by atoms with E-state index < -0.39 is 21.3 Å². The summed E-state index contributed by atoms with van der Waals surface area (Å²) < 4.78 is 32.2. The molecule has 0 radical (unpaired) electrons. The van der Waals surface area contributed by atoms with Gasteiger partial charge in [0, 0.05) is 0 Å². The van der Waals surface area contributed by atoms with Crippen LogP contribution in [0.4, 0.5) is 8.78 Å². The fourth-order valence-electron chi connectivity index (χ4n) is 9.08. The molecule has 0 N–H and O–H groups in total. The van der Waals surface area contributed by atoms with E-state index in [0.717, 1.165) is 24.0 Å². The maximum Gasteiger partial charge on any atom is -1.00 e. The molecule has 0 nitrogen and oxygen atoms in total. The van der Waals surface area contributed by atoms with Crippen molar-refractivity contribution in [1.82, 2.24) is 0 Å². The molecule has 4 aromatic rings. The summed E-state index contributed by atoms with van der Waals surface area (Å²) in [5.41, 5.74) is 17.4. The van der Waals surface area contributed by atoms with Crippen LogP contribution in [0.2, 0.25) is 0 Å². The molecule has 0 bridgehead atoms. The van der Waals surface area contributed by atoms with E-state index >= 15 is 0 Å². The Morgan fingerprint density at radius 3 is 1.44 bits per heavy atom. The van der Waals surface area contributed by atoms with E-state index in [1.54, 1.807) is 27.5 Å². The minimum absolute atomic E-state index is 0. The number of hydrogen-bond acceptors (Lipinski definition) is 0. The zero-order chi connectivity index (χ0) is 35.3. The van der Waals surface area contributed by atoms with Gasteiger partial charge in [-0.25, -0.2) is 0 Å². The van der Waals surface area contributed by atoms with E-state index in [2.05, 4.69) is 104 Å². The Labute approximate surface area is 328 Å². The molecule has 1 unspecified atom stereocenters. The first-order chi connectivity index (χ1) is 23.7. The van der Waals surface area contributed by atoms with Gasteiger partial charge in [0.25, 0.3) is 0 Å². The van der Waals surface area contributed by atoms with E-state index in [1.165, 1.54) is 64.4 Å². The van der Waals surface area contributed by atoms with Gasteiger partial charge >= 0.3 is 306 Å². The topological polar surface area (TPSA) is 0 Å². The fourth-order valence-corrected chi connectivity index (χ4v) is 18.7. The fraction of sp³-hybridized carbons (Fsp3) is 0.298. The molecule has 4 aliphatic carbocycles. The zero-order valence-electron chi connectivity index (χ0n) is 31.3. The van der Waals surface area contributed by atoms with Crippen LogP contribution in [0.1, 0.15) is 116 Å². The molecule has 1 atom stereocenters. The van der Waals surface area contributed by atoms with Crippen molar-refractivity contribution in [3.8, 4) is 11.1 Å². The average molecular weight is 811 g/mol. The smallest absolute Gasteiger partial charge is 1.00 e. The monoisotopic (exact) mass is 808 g/mol. The summed E-state index contributed by atoms with van der Waals surface area (Å²) in [5.74, 6) is -0.185. The normalized spacial score (nSPS) is 18.8. The molecule has 4 aromatic carbocycles. The van der Waals surface area contributed by atoms with Crippen LogP contribution in [-0.2, 0) is 32.1 Å². The molecule has 0 aromatic heterocycles. The van der Waals surface area contributed by atoms with Crippen molar-refractivity contribution in [3.63, 3.8) is 0 Å². The van der Waals surface area contributed by atoms with Crippen molar-refractivity contribution in [2.75, 3.05) is 0 Å². The van der Waals surface area contributed by atoms with Gasteiger partial charge in [0.05, 0.1) is 0 Å². The standard InChI is InChI=1S/C27H29.C13H8F2.C7H9.2ClH.Zr/c1-16-7-9-26(3,4)24-12-18-11-19-13-25-21(17(2)8-10-27(25,5)6)15-23(19)22(18)14-20(16)24;14-12-5-1-10(2-6-12)9-11-3-7-13(15)8-4-11;1-6-3-4-7(2)5-6;;;/h7-8,11-15H,9-10H2,1-6H3;1-8H;3,5,7H,1-2H3;2*1H;/q;;;;;+2/p-2. The van der Waals surface area contributed by atoms with Gasteiger partial charge < -0.3 is 24.8 Å². The van der Waals surface area contributed by atoms with Crippen molar-refractivity contribution >= 4 is 14.4 Å². The van der Waals surface area contributed by atoms with Gasteiger partial charge in [-0.1, -0.05) is 0 Å². The van der Waals surface area contributed by atoms with E-state index in [9.17, 15) is 8.78 Å². The third-order valence-electron chi connectivity index (χ3n) is 12.0. The summed E-state index contributed by atoms with van der Waals surface area (Å²) in [4.78, 5) is 0. The molecule has 0 fully saturated rings. The van der Waals surface area contributed by atoms with Crippen molar-refractivity contribution < 1.29 is 54.9 Å². The summed E-state index contributed by atoms with van der Waals surface area (Å²) in [6.07, 6.45) is 11.8. The minimum atomic E-state index is -3.15. The summed E-state index contributed by atoms with van der Waals surface area (Å²) >= 11 is -3.15. The van der Waals surface area contributed by atoms with Gasteiger partial charge in [0.1, 0.15) is 0 Å². The number of fused-ring (bicyclic) bond motifs is 5. The van der Waals surface area contributed by atoms with Crippen LogP contribution < -0.4 is 24.8 Å². The maximum absolute atomic E-state index is 14.6. The Morgan fingerprint density at radius 1 is 0.635 bits per heavy atom. The Morgan fingerprint density at radius 2 is 1.06 bits per heavy atom. The van der Waals surface area contributed by atoms with Gasteiger partial charge in [-0.2, -0.15) is 0 Å². The van der Waals surface area contributed by atoms with Gasteiger partial charge in [-0.05, 0) is 0 Å². The number of hydrogen-bond donors (Lipinski definition) is 0. The van der Waals surface area contributed by atoms with E-state index in [-0.39, 0.29) is 50.9 Å². The third-order valence-corrected chi connectivity index (χ3v) is 20.7. The molecular weight excluding hydrogens is 765 g/mol. The van der Waals surface area contributed by atoms with Crippen LogP contribution in [-0.4, -0.2) is 3.21 Å². The minimum Gasteiger partial charge on any atom is -1.00 e. The van der Waals surface area contributed by atoms with E-state index in [1.807, 2.05) is 24.3 Å². The molecule has 0 aliphatic heterocycles. The Balaban J connectivity index is 0.00000232. The van der Waals surface area contributed by atoms with Crippen molar-refractivity contribution in [2.24, 2.45) is 5.92 Å². The van der Waals surface area contributed by atoms with Crippen LogP contribution in [0.5, 0.6) is 0 Å². The van der Waals surface area contributed by atoms with Gasteiger partial charge in [-0.15, -0.1) is 0 Å². The second-order valence-corrected chi connectivity index (χ2v) is 22.6. The van der Waals surface area contributed by atoms with Crippen LogP contribution in [0.15, 0.2) is 106 Å². The molecule has 8 rings (SSSR count). The number of benzene rings is 4. The van der Waals surface area contributed by atoms with Gasteiger partial charge in [0.15, 0.2) is 0 Å².